The van der Waals surface area contributed by atoms with E-state index in [1.54, 1.807) is 12.1 Å². The van der Waals surface area contributed by atoms with Crippen molar-refractivity contribution in [2.45, 2.75) is 25.3 Å². The lowest BCUT2D eigenvalue weighted by atomic mass is 9.98. The normalized spacial score (nSPS) is 21.7. The summed E-state index contributed by atoms with van der Waals surface area (Å²) in [5.74, 6) is 0.783. The molecule has 1 aromatic rings. The van der Waals surface area contributed by atoms with E-state index in [1.807, 2.05) is 12.1 Å². The van der Waals surface area contributed by atoms with Gasteiger partial charge < -0.3 is 5.32 Å². The number of nitrogens with zero attached hydrogens (tertiary/aromatic N) is 1. The maximum Gasteiger partial charge on any atom is 0.127 e. The average molecular weight is 285 g/mol. The van der Waals surface area contributed by atoms with Crippen LogP contribution in [0.25, 0.3) is 0 Å². The number of hydrogen-bond donors (Lipinski definition) is 1. The maximum absolute atomic E-state index is 14.0. The molecule has 0 amide bonds. The third-order valence-electron chi connectivity index (χ3n) is 4.11. The summed E-state index contributed by atoms with van der Waals surface area (Å²) in [6.45, 7) is 4.11. The Morgan fingerprint density at radius 3 is 2.53 bits per heavy atom. The van der Waals surface area contributed by atoms with Crippen LogP contribution in [0.15, 0.2) is 24.3 Å². The molecule has 1 aromatic carbocycles. The van der Waals surface area contributed by atoms with Crippen molar-refractivity contribution in [1.29, 1.82) is 0 Å². The van der Waals surface area contributed by atoms with Gasteiger partial charge in [0.05, 0.1) is 0 Å². The zero-order valence-electron chi connectivity index (χ0n) is 11.1. The average Bonchev–Trinajstić information content (AvgIpc) is 3.22. The fourth-order valence-electron chi connectivity index (χ4n) is 2.88. The summed E-state index contributed by atoms with van der Waals surface area (Å²) in [5, 5.41) is 3.37. The van der Waals surface area contributed by atoms with Crippen molar-refractivity contribution in [3.05, 3.63) is 35.6 Å². The van der Waals surface area contributed by atoms with Crippen molar-refractivity contribution >= 4 is 12.4 Å². The molecule has 1 aliphatic heterocycles. The maximum atomic E-state index is 14.0. The van der Waals surface area contributed by atoms with Crippen molar-refractivity contribution in [1.82, 2.24) is 10.2 Å². The first-order valence-electron chi connectivity index (χ1n) is 7.04. The van der Waals surface area contributed by atoms with E-state index in [9.17, 15) is 4.39 Å². The van der Waals surface area contributed by atoms with Gasteiger partial charge in [0.15, 0.2) is 0 Å². The highest BCUT2D eigenvalue weighted by molar-refractivity contribution is 5.85. The summed E-state index contributed by atoms with van der Waals surface area (Å²) in [6.07, 6.45) is 3.79. The van der Waals surface area contributed by atoms with E-state index in [2.05, 4.69) is 10.2 Å². The van der Waals surface area contributed by atoms with Crippen LogP contribution in [0.5, 0.6) is 0 Å². The van der Waals surface area contributed by atoms with Gasteiger partial charge in [0, 0.05) is 37.8 Å². The van der Waals surface area contributed by atoms with Crippen molar-refractivity contribution in [3.63, 3.8) is 0 Å². The molecule has 2 nitrogen and oxygen atoms in total. The predicted molar refractivity (Wildman–Crippen MR) is 78.2 cm³/mol. The largest absolute Gasteiger partial charge is 0.314 e. The molecule has 1 aliphatic carbocycles. The van der Waals surface area contributed by atoms with E-state index >= 15 is 0 Å². The lowest BCUT2D eigenvalue weighted by Gasteiger charge is -2.35. The fourth-order valence-corrected chi connectivity index (χ4v) is 2.88. The molecule has 0 bridgehead atoms. The number of piperazine rings is 1. The van der Waals surface area contributed by atoms with E-state index < -0.39 is 0 Å². The van der Waals surface area contributed by atoms with Gasteiger partial charge >= 0.3 is 0 Å². The standard InChI is InChI=1S/C15H21FN2.ClH/c16-14-4-2-1-3-13(14)15(11-12-5-6-12)18-9-7-17-8-10-18;/h1-4,12,15,17H,5-11H2;1H/t15-;/m1./s1. The quantitative estimate of drug-likeness (QED) is 0.914. The van der Waals surface area contributed by atoms with Crippen molar-refractivity contribution in [3.8, 4) is 0 Å². The molecule has 1 atom stereocenters. The minimum atomic E-state index is -0.0401. The molecular weight excluding hydrogens is 263 g/mol. The first kappa shape index (κ1) is 14.8. The fraction of sp³-hybridized carbons (Fsp3) is 0.600. The molecule has 0 radical (unpaired) electrons. The smallest absolute Gasteiger partial charge is 0.127 e. The Labute approximate surface area is 120 Å². The second-order valence-corrected chi connectivity index (χ2v) is 5.50. The van der Waals surface area contributed by atoms with Crippen LogP contribution in [0.4, 0.5) is 4.39 Å². The van der Waals surface area contributed by atoms with Crippen LogP contribution < -0.4 is 5.32 Å². The molecular formula is C15H22ClFN2. The molecule has 0 spiro atoms. The summed E-state index contributed by atoms with van der Waals surface area (Å²) < 4.78 is 14.0. The minimum absolute atomic E-state index is 0. The Morgan fingerprint density at radius 1 is 1.21 bits per heavy atom. The third kappa shape index (κ3) is 3.68. The first-order chi connectivity index (χ1) is 8.84. The van der Waals surface area contributed by atoms with Gasteiger partial charge in [0.25, 0.3) is 0 Å². The molecule has 0 aromatic heterocycles. The lowest BCUT2D eigenvalue weighted by Crippen LogP contribution is -2.45. The molecule has 2 aliphatic rings. The highest BCUT2D eigenvalue weighted by Crippen LogP contribution is 2.40. The van der Waals surface area contributed by atoms with E-state index in [-0.39, 0.29) is 24.3 Å². The molecule has 1 saturated heterocycles. The summed E-state index contributed by atoms with van der Waals surface area (Å²) in [5.41, 5.74) is 0.895. The Balaban J connectivity index is 0.00000133. The van der Waals surface area contributed by atoms with Crippen LogP contribution >= 0.6 is 12.4 Å². The van der Waals surface area contributed by atoms with Gasteiger partial charge in [-0.15, -0.1) is 12.4 Å². The van der Waals surface area contributed by atoms with Gasteiger partial charge in [-0.25, -0.2) is 4.39 Å². The molecule has 3 rings (SSSR count). The first-order valence-corrected chi connectivity index (χ1v) is 7.04. The van der Waals surface area contributed by atoms with Gasteiger partial charge in [-0.2, -0.15) is 0 Å². The molecule has 0 unspecified atom stereocenters. The van der Waals surface area contributed by atoms with Crippen LogP contribution in [0, 0.1) is 11.7 Å². The van der Waals surface area contributed by atoms with Gasteiger partial charge in [-0.05, 0) is 18.4 Å². The Hall–Kier alpha value is -0.640. The summed E-state index contributed by atoms with van der Waals surface area (Å²) in [6, 6.07) is 7.58. The predicted octanol–water partition coefficient (Wildman–Crippen LogP) is 2.99. The van der Waals surface area contributed by atoms with Crippen LogP contribution in [0.3, 0.4) is 0 Å². The van der Waals surface area contributed by atoms with Crippen LogP contribution in [0.1, 0.15) is 30.9 Å². The molecule has 1 N–H and O–H groups in total. The van der Waals surface area contributed by atoms with Crippen LogP contribution in [-0.2, 0) is 0 Å². The Kier molecular flexibility index (Phi) is 5.20. The van der Waals surface area contributed by atoms with Crippen molar-refractivity contribution < 1.29 is 4.39 Å². The SMILES string of the molecule is Cl.Fc1ccccc1[C@@H](CC1CC1)N1CCNCC1. The highest BCUT2D eigenvalue weighted by Gasteiger charge is 2.31. The van der Waals surface area contributed by atoms with Gasteiger partial charge in [0.1, 0.15) is 5.82 Å². The number of hydrogen-bond acceptors (Lipinski definition) is 2. The summed E-state index contributed by atoms with van der Waals surface area (Å²) in [7, 11) is 0. The Morgan fingerprint density at radius 2 is 1.89 bits per heavy atom. The number of rotatable bonds is 4. The van der Waals surface area contributed by atoms with Crippen LogP contribution in [0.2, 0.25) is 0 Å². The van der Waals surface area contributed by atoms with E-state index in [0.29, 0.717) is 0 Å². The van der Waals surface area contributed by atoms with E-state index in [0.717, 1.165) is 44.1 Å². The molecule has 1 heterocycles. The Bertz CT molecular complexity index is 403. The monoisotopic (exact) mass is 284 g/mol. The van der Waals surface area contributed by atoms with Crippen molar-refractivity contribution in [2.24, 2.45) is 5.92 Å². The number of nitrogens with one attached hydrogen (secondary N) is 1. The molecule has 1 saturated carbocycles. The third-order valence-corrected chi connectivity index (χ3v) is 4.11. The number of halogens is 2. The van der Waals surface area contributed by atoms with Gasteiger partial charge in [-0.1, -0.05) is 31.0 Å². The van der Waals surface area contributed by atoms with Gasteiger partial charge in [0.2, 0.25) is 0 Å². The van der Waals surface area contributed by atoms with E-state index in [1.165, 1.54) is 12.8 Å². The summed E-state index contributed by atoms with van der Waals surface area (Å²) >= 11 is 0. The van der Waals surface area contributed by atoms with Crippen molar-refractivity contribution in [2.75, 3.05) is 26.2 Å². The zero-order valence-corrected chi connectivity index (χ0v) is 12.0. The topological polar surface area (TPSA) is 15.3 Å². The highest BCUT2D eigenvalue weighted by atomic mass is 35.5. The lowest BCUT2D eigenvalue weighted by molar-refractivity contribution is 0.157. The minimum Gasteiger partial charge on any atom is -0.314 e. The molecule has 2 fully saturated rings. The summed E-state index contributed by atoms with van der Waals surface area (Å²) in [4.78, 5) is 2.45. The zero-order chi connectivity index (χ0) is 12.4. The molecule has 106 valence electrons. The second-order valence-electron chi connectivity index (χ2n) is 5.50. The van der Waals surface area contributed by atoms with Gasteiger partial charge in [-0.3, -0.25) is 4.90 Å². The van der Waals surface area contributed by atoms with Crippen LogP contribution in [-0.4, -0.2) is 31.1 Å². The molecule has 4 heteroatoms. The number of benzene rings is 1. The molecule has 19 heavy (non-hydrogen) atoms. The van der Waals surface area contributed by atoms with E-state index in [4.69, 9.17) is 0 Å². The second kappa shape index (κ2) is 6.69.